The van der Waals surface area contributed by atoms with Crippen molar-refractivity contribution in [1.82, 2.24) is 0 Å². The Morgan fingerprint density at radius 1 is 0.469 bits per heavy atom. The van der Waals surface area contributed by atoms with Gasteiger partial charge in [-0.15, -0.1) is 0 Å². The summed E-state index contributed by atoms with van der Waals surface area (Å²) in [5.74, 6) is 2.55. The van der Waals surface area contributed by atoms with Crippen LogP contribution >= 0.6 is 0 Å². The predicted octanol–water partition coefficient (Wildman–Crippen LogP) is 6.34. The van der Waals surface area contributed by atoms with E-state index in [9.17, 15) is 0 Å². The van der Waals surface area contributed by atoms with Crippen LogP contribution in [-0.4, -0.2) is 13.2 Å². The highest BCUT2D eigenvalue weighted by Gasteiger charge is 2.00. The number of benzene rings is 4. The van der Waals surface area contributed by atoms with E-state index in [1.54, 1.807) is 0 Å². The molecule has 4 aromatic carbocycles. The van der Waals surface area contributed by atoms with Crippen molar-refractivity contribution in [2.45, 2.75) is 13.2 Å². The standard InChI is InChI=1S/C28H27NO3/c1-3-7-24(8-4-1)22-32-28-17-13-25(14-18-28)29-21-23-11-15-27(16-12-23)31-20-19-30-26-9-5-2-6-10-26/h1-18,29H,19-22H2. The van der Waals surface area contributed by atoms with Gasteiger partial charge in [0, 0.05) is 12.2 Å². The number of hydrogen-bond donors (Lipinski definition) is 1. The smallest absolute Gasteiger partial charge is 0.122 e. The molecule has 4 rings (SSSR count). The Bertz CT molecular complexity index is 1050. The summed E-state index contributed by atoms with van der Waals surface area (Å²) in [6.07, 6.45) is 0. The first kappa shape index (κ1) is 21.3. The van der Waals surface area contributed by atoms with Crippen molar-refractivity contribution in [3.63, 3.8) is 0 Å². The average molecular weight is 426 g/mol. The first-order valence-corrected chi connectivity index (χ1v) is 10.8. The first-order valence-electron chi connectivity index (χ1n) is 10.8. The number of nitrogens with one attached hydrogen (secondary N) is 1. The molecule has 4 nitrogen and oxygen atoms in total. The van der Waals surface area contributed by atoms with E-state index in [1.807, 2.05) is 84.9 Å². The van der Waals surface area contributed by atoms with Crippen LogP contribution in [0.15, 0.2) is 109 Å². The molecule has 0 radical (unpaired) electrons. The van der Waals surface area contributed by atoms with Crippen LogP contribution in [0.4, 0.5) is 5.69 Å². The second-order valence-electron chi connectivity index (χ2n) is 7.31. The van der Waals surface area contributed by atoms with Gasteiger partial charge in [0.2, 0.25) is 0 Å². The molecule has 162 valence electrons. The minimum Gasteiger partial charge on any atom is -0.490 e. The molecule has 1 N–H and O–H groups in total. The quantitative estimate of drug-likeness (QED) is 0.285. The molecule has 0 amide bonds. The van der Waals surface area contributed by atoms with Crippen molar-refractivity contribution >= 4 is 5.69 Å². The third-order valence-corrected chi connectivity index (χ3v) is 4.89. The zero-order chi connectivity index (χ0) is 21.8. The van der Waals surface area contributed by atoms with E-state index in [1.165, 1.54) is 5.56 Å². The topological polar surface area (TPSA) is 39.7 Å². The fraction of sp³-hybridized carbons (Fsp3) is 0.143. The van der Waals surface area contributed by atoms with Gasteiger partial charge in [-0.2, -0.15) is 0 Å². The number of ether oxygens (including phenoxy) is 3. The molecule has 0 saturated carbocycles. The number of anilines is 1. The van der Waals surface area contributed by atoms with Crippen molar-refractivity contribution < 1.29 is 14.2 Å². The van der Waals surface area contributed by atoms with Crippen LogP contribution in [0.2, 0.25) is 0 Å². The third kappa shape index (κ3) is 6.81. The van der Waals surface area contributed by atoms with Crippen LogP contribution < -0.4 is 19.5 Å². The van der Waals surface area contributed by atoms with E-state index in [2.05, 4.69) is 29.6 Å². The molecule has 32 heavy (non-hydrogen) atoms. The van der Waals surface area contributed by atoms with Gasteiger partial charge >= 0.3 is 0 Å². The lowest BCUT2D eigenvalue weighted by molar-refractivity contribution is 0.217. The third-order valence-electron chi connectivity index (χ3n) is 4.89. The van der Waals surface area contributed by atoms with Crippen LogP contribution in [0.25, 0.3) is 0 Å². The highest BCUT2D eigenvalue weighted by Crippen LogP contribution is 2.19. The largest absolute Gasteiger partial charge is 0.490 e. The van der Waals surface area contributed by atoms with Crippen molar-refractivity contribution in [2.75, 3.05) is 18.5 Å². The molecule has 4 aromatic rings. The van der Waals surface area contributed by atoms with Gasteiger partial charge in [0.1, 0.15) is 37.1 Å². The molecule has 0 atom stereocenters. The summed E-state index contributed by atoms with van der Waals surface area (Å²) in [6, 6.07) is 36.1. The normalized spacial score (nSPS) is 10.4. The van der Waals surface area contributed by atoms with E-state index < -0.39 is 0 Å². The maximum atomic E-state index is 5.84. The maximum Gasteiger partial charge on any atom is 0.122 e. The molecule has 0 aliphatic rings. The van der Waals surface area contributed by atoms with Crippen LogP contribution in [0, 0.1) is 0 Å². The molecule has 4 heteroatoms. The SMILES string of the molecule is c1ccc(COc2ccc(NCc3ccc(OCCOc4ccccc4)cc3)cc2)cc1. The van der Waals surface area contributed by atoms with Crippen LogP contribution in [-0.2, 0) is 13.2 Å². The Kier molecular flexibility index (Phi) is 7.64. The highest BCUT2D eigenvalue weighted by molar-refractivity contribution is 5.47. The van der Waals surface area contributed by atoms with Crippen molar-refractivity contribution in [1.29, 1.82) is 0 Å². The molecule has 0 aliphatic carbocycles. The Labute approximate surface area is 189 Å². The average Bonchev–Trinajstić information content (AvgIpc) is 2.87. The van der Waals surface area contributed by atoms with E-state index in [0.29, 0.717) is 19.8 Å². The zero-order valence-corrected chi connectivity index (χ0v) is 17.9. The fourth-order valence-corrected chi connectivity index (χ4v) is 3.15. The lowest BCUT2D eigenvalue weighted by atomic mass is 10.2. The molecular formula is C28H27NO3. The molecule has 0 fully saturated rings. The van der Waals surface area contributed by atoms with Crippen LogP contribution in [0.1, 0.15) is 11.1 Å². The lowest BCUT2D eigenvalue weighted by Crippen LogP contribution is -2.09. The molecular weight excluding hydrogens is 398 g/mol. The monoisotopic (exact) mass is 425 g/mol. The van der Waals surface area contributed by atoms with E-state index in [0.717, 1.165) is 35.0 Å². The summed E-state index contributed by atoms with van der Waals surface area (Å²) >= 11 is 0. The van der Waals surface area contributed by atoms with E-state index in [-0.39, 0.29) is 0 Å². The van der Waals surface area contributed by atoms with Crippen LogP contribution in [0.5, 0.6) is 17.2 Å². The zero-order valence-electron chi connectivity index (χ0n) is 17.9. The molecule has 0 aliphatic heterocycles. The van der Waals surface area contributed by atoms with Crippen molar-refractivity contribution in [3.8, 4) is 17.2 Å². The summed E-state index contributed by atoms with van der Waals surface area (Å²) < 4.78 is 17.2. The minimum atomic E-state index is 0.505. The molecule has 0 aromatic heterocycles. The molecule has 0 bridgehead atoms. The van der Waals surface area contributed by atoms with Gasteiger partial charge in [0.05, 0.1) is 0 Å². The summed E-state index contributed by atoms with van der Waals surface area (Å²) in [5.41, 5.74) is 3.39. The molecule has 0 unspecified atom stereocenters. The number of para-hydroxylation sites is 1. The van der Waals surface area contributed by atoms with E-state index >= 15 is 0 Å². The summed E-state index contributed by atoms with van der Waals surface area (Å²) in [6.45, 7) is 2.32. The molecule has 0 saturated heterocycles. The van der Waals surface area contributed by atoms with Gasteiger partial charge < -0.3 is 19.5 Å². The van der Waals surface area contributed by atoms with Gasteiger partial charge in [-0.05, 0) is 59.7 Å². The summed E-state index contributed by atoms with van der Waals surface area (Å²) in [5, 5.41) is 3.44. The van der Waals surface area contributed by atoms with Crippen LogP contribution in [0.3, 0.4) is 0 Å². The van der Waals surface area contributed by atoms with Gasteiger partial charge in [0.25, 0.3) is 0 Å². The predicted molar refractivity (Wildman–Crippen MR) is 128 cm³/mol. The highest BCUT2D eigenvalue weighted by atomic mass is 16.5. The van der Waals surface area contributed by atoms with E-state index in [4.69, 9.17) is 14.2 Å². The number of rotatable bonds is 11. The number of hydrogen-bond acceptors (Lipinski definition) is 4. The van der Waals surface area contributed by atoms with Gasteiger partial charge in [-0.3, -0.25) is 0 Å². The fourth-order valence-electron chi connectivity index (χ4n) is 3.15. The second-order valence-corrected chi connectivity index (χ2v) is 7.31. The first-order chi connectivity index (χ1) is 15.8. The molecule has 0 heterocycles. The maximum absolute atomic E-state index is 5.84. The Balaban J connectivity index is 1.17. The van der Waals surface area contributed by atoms with Crippen molar-refractivity contribution in [3.05, 3.63) is 120 Å². The Morgan fingerprint density at radius 3 is 1.66 bits per heavy atom. The summed E-state index contributed by atoms with van der Waals surface area (Å²) in [4.78, 5) is 0. The minimum absolute atomic E-state index is 0.505. The molecule has 0 spiro atoms. The van der Waals surface area contributed by atoms with Gasteiger partial charge in [-0.1, -0.05) is 60.7 Å². The summed E-state index contributed by atoms with van der Waals surface area (Å²) in [7, 11) is 0. The second kappa shape index (κ2) is 11.5. The Morgan fingerprint density at radius 2 is 1.00 bits per heavy atom. The van der Waals surface area contributed by atoms with Gasteiger partial charge in [0.15, 0.2) is 0 Å². The lowest BCUT2D eigenvalue weighted by Gasteiger charge is -2.11. The van der Waals surface area contributed by atoms with Crippen molar-refractivity contribution in [2.24, 2.45) is 0 Å². The Hall–Kier alpha value is -3.92. The van der Waals surface area contributed by atoms with Gasteiger partial charge in [-0.25, -0.2) is 0 Å².